The first-order valence-electron chi connectivity index (χ1n) is 5.17. The summed E-state index contributed by atoms with van der Waals surface area (Å²) in [6.45, 7) is 5.64. The highest BCUT2D eigenvalue weighted by Crippen LogP contribution is 2.33. The molecule has 16 heavy (non-hydrogen) atoms. The maximum absolute atomic E-state index is 13.5. The summed E-state index contributed by atoms with van der Waals surface area (Å²) in [5, 5.41) is 0. The van der Waals surface area contributed by atoms with Crippen molar-refractivity contribution in [3.8, 4) is 0 Å². The number of allylic oxidation sites excluding steroid dienone is 3. The number of hydrogen-bond donors (Lipinski definition) is 0. The van der Waals surface area contributed by atoms with Crippen LogP contribution in [0.2, 0.25) is 0 Å². The fourth-order valence-corrected chi connectivity index (χ4v) is 1.92. The SMILES string of the molecule is C=C1C(F)=CC(C)=C(c2ccccc2)N1C. The fraction of sp³-hybridized carbons (Fsp3) is 0.143. The van der Waals surface area contributed by atoms with Gasteiger partial charge in [-0.3, -0.25) is 0 Å². The zero-order valence-corrected chi connectivity index (χ0v) is 9.50. The van der Waals surface area contributed by atoms with Gasteiger partial charge in [0.2, 0.25) is 0 Å². The molecule has 0 aliphatic carbocycles. The van der Waals surface area contributed by atoms with Crippen molar-refractivity contribution in [2.75, 3.05) is 7.05 Å². The average molecular weight is 215 g/mol. The summed E-state index contributed by atoms with van der Waals surface area (Å²) in [6.07, 6.45) is 1.53. The molecule has 0 radical (unpaired) electrons. The lowest BCUT2D eigenvalue weighted by molar-refractivity contribution is 0.523. The van der Waals surface area contributed by atoms with Crippen LogP contribution in [0.3, 0.4) is 0 Å². The minimum Gasteiger partial charge on any atom is -0.342 e. The van der Waals surface area contributed by atoms with Crippen LogP contribution in [0, 0.1) is 0 Å². The van der Waals surface area contributed by atoms with Gasteiger partial charge in [-0.1, -0.05) is 36.9 Å². The summed E-state index contributed by atoms with van der Waals surface area (Å²) in [7, 11) is 1.83. The summed E-state index contributed by atoms with van der Waals surface area (Å²) >= 11 is 0. The molecule has 0 saturated heterocycles. The number of likely N-dealkylation sites (N-methyl/N-ethyl adjacent to an activating group) is 1. The molecule has 1 aliphatic heterocycles. The van der Waals surface area contributed by atoms with E-state index in [4.69, 9.17) is 0 Å². The molecule has 1 nitrogen and oxygen atoms in total. The Morgan fingerprint density at radius 2 is 1.81 bits per heavy atom. The van der Waals surface area contributed by atoms with E-state index in [9.17, 15) is 4.39 Å². The van der Waals surface area contributed by atoms with Crippen LogP contribution in [0.15, 0.2) is 60.1 Å². The van der Waals surface area contributed by atoms with Gasteiger partial charge < -0.3 is 4.90 Å². The molecule has 0 saturated carbocycles. The minimum atomic E-state index is -0.264. The molecular weight excluding hydrogens is 201 g/mol. The number of halogens is 1. The van der Waals surface area contributed by atoms with Crippen LogP contribution in [-0.2, 0) is 0 Å². The van der Waals surface area contributed by atoms with E-state index >= 15 is 0 Å². The molecule has 1 heterocycles. The first kappa shape index (κ1) is 10.7. The van der Waals surface area contributed by atoms with Crippen LogP contribution >= 0.6 is 0 Å². The monoisotopic (exact) mass is 215 g/mol. The molecule has 0 N–H and O–H groups in total. The third-order valence-electron chi connectivity index (χ3n) is 2.78. The van der Waals surface area contributed by atoms with Crippen molar-refractivity contribution in [3.63, 3.8) is 0 Å². The van der Waals surface area contributed by atoms with E-state index in [0.29, 0.717) is 5.70 Å². The van der Waals surface area contributed by atoms with Crippen LogP contribution in [0.25, 0.3) is 5.70 Å². The molecule has 2 heteroatoms. The van der Waals surface area contributed by atoms with Gasteiger partial charge in [-0.15, -0.1) is 0 Å². The predicted molar refractivity (Wildman–Crippen MR) is 65.1 cm³/mol. The lowest BCUT2D eigenvalue weighted by atomic mass is 10.0. The number of benzene rings is 1. The second-order valence-corrected chi connectivity index (χ2v) is 3.90. The molecule has 1 aliphatic rings. The standard InChI is InChI=1S/C14H14FN/c1-10-9-13(15)11(2)16(3)14(10)12-7-5-4-6-8-12/h4-9H,2H2,1,3H3. The van der Waals surface area contributed by atoms with Gasteiger partial charge in [0, 0.05) is 7.05 Å². The minimum absolute atomic E-state index is 0.264. The maximum atomic E-state index is 13.5. The average Bonchev–Trinajstić information content (AvgIpc) is 2.28. The van der Waals surface area contributed by atoms with E-state index in [1.165, 1.54) is 6.08 Å². The molecular formula is C14H14FN. The van der Waals surface area contributed by atoms with Crippen molar-refractivity contribution in [1.29, 1.82) is 0 Å². The summed E-state index contributed by atoms with van der Waals surface area (Å²) in [5.74, 6) is -0.264. The van der Waals surface area contributed by atoms with E-state index in [-0.39, 0.29) is 5.83 Å². The topological polar surface area (TPSA) is 3.24 Å². The zero-order chi connectivity index (χ0) is 11.7. The van der Waals surface area contributed by atoms with Crippen LogP contribution in [0.5, 0.6) is 0 Å². The Bertz CT molecular complexity index is 483. The van der Waals surface area contributed by atoms with E-state index < -0.39 is 0 Å². The highest BCUT2D eigenvalue weighted by atomic mass is 19.1. The first-order valence-corrected chi connectivity index (χ1v) is 5.17. The molecule has 0 atom stereocenters. The van der Waals surface area contributed by atoms with Crippen molar-refractivity contribution in [2.24, 2.45) is 0 Å². The van der Waals surface area contributed by atoms with E-state index in [1.807, 2.05) is 44.3 Å². The Balaban J connectivity index is 2.55. The lowest BCUT2D eigenvalue weighted by Gasteiger charge is -2.29. The predicted octanol–water partition coefficient (Wildman–Crippen LogP) is 3.73. The number of hydrogen-bond acceptors (Lipinski definition) is 1. The van der Waals surface area contributed by atoms with Crippen LogP contribution in [0.1, 0.15) is 12.5 Å². The van der Waals surface area contributed by atoms with Gasteiger partial charge in [0.1, 0.15) is 5.83 Å². The molecule has 0 amide bonds. The molecule has 0 spiro atoms. The summed E-state index contributed by atoms with van der Waals surface area (Å²) in [4.78, 5) is 1.79. The highest BCUT2D eigenvalue weighted by Gasteiger charge is 2.20. The largest absolute Gasteiger partial charge is 0.342 e. The number of nitrogens with zero attached hydrogens (tertiary/aromatic N) is 1. The second kappa shape index (κ2) is 3.97. The summed E-state index contributed by atoms with van der Waals surface area (Å²) < 4.78 is 13.5. The number of rotatable bonds is 1. The molecule has 1 aromatic carbocycles. The van der Waals surface area contributed by atoms with Gasteiger partial charge in [0.15, 0.2) is 0 Å². The first-order chi connectivity index (χ1) is 7.61. The van der Waals surface area contributed by atoms with Gasteiger partial charge >= 0.3 is 0 Å². The Morgan fingerprint density at radius 1 is 1.19 bits per heavy atom. The molecule has 0 unspecified atom stereocenters. The van der Waals surface area contributed by atoms with Gasteiger partial charge in [0.25, 0.3) is 0 Å². The third-order valence-corrected chi connectivity index (χ3v) is 2.78. The maximum Gasteiger partial charge on any atom is 0.146 e. The molecule has 0 bridgehead atoms. The third kappa shape index (κ3) is 1.67. The Morgan fingerprint density at radius 3 is 2.44 bits per heavy atom. The van der Waals surface area contributed by atoms with Crippen LogP contribution in [-0.4, -0.2) is 11.9 Å². The van der Waals surface area contributed by atoms with Gasteiger partial charge in [-0.25, -0.2) is 4.39 Å². The second-order valence-electron chi connectivity index (χ2n) is 3.90. The summed E-state index contributed by atoms with van der Waals surface area (Å²) in [5.41, 5.74) is 3.41. The van der Waals surface area contributed by atoms with Crippen molar-refractivity contribution in [3.05, 3.63) is 65.6 Å². The lowest BCUT2D eigenvalue weighted by Crippen LogP contribution is -2.20. The van der Waals surface area contributed by atoms with Crippen LogP contribution in [0.4, 0.5) is 4.39 Å². The highest BCUT2D eigenvalue weighted by molar-refractivity contribution is 5.73. The van der Waals surface area contributed by atoms with Gasteiger partial charge in [0.05, 0.1) is 11.4 Å². The smallest absolute Gasteiger partial charge is 0.146 e. The van der Waals surface area contributed by atoms with E-state index in [2.05, 4.69) is 6.58 Å². The summed E-state index contributed by atoms with van der Waals surface area (Å²) in [6, 6.07) is 9.94. The zero-order valence-electron chi connectivity index (χ0n) is 9.50. The van der Waals surface area contributed by atoms with Crippen molar-refractivity contribution >= 4 is 5.70 Å². The molecule has 0 fully saturated rings. The Kier molecular flexibility index (Phi) is 2.65. The molecule has 1 aromatic rings. The molecule has 0 aromatic heterocycles. The van der Waals surface area contributed by atoms with Crippen molar-refractivity contribution < 1.29 is 4.39 Å². The van der Waals surface area contributed by atoms with Crippen LogP contribution < -0.4 is 0 Å². The normalized spacial score (nSPS) is 16.6. The Hall–Kier alpha value is -1.83. The van der Waals surface area contributed by atoms with Gasteiger partial charge in [-0.05, 0) is 24.1 Å². The van der Waals surface area contributed by atoms with E-state index in [0.717, 1.165) is 16.8 Å². The molecule has 2 rings (SSSR count). The van der Waals surface area contributed by atoms with Crippen molar-refractivity contribution in [2.45, 2.75) is 6.92 Å². The quantitative estimate of drug-likeness (QED) is 0.690. The Labute approximate surface area is 95.2 Å². The molecule has 82 valence electrons. The van der Waals surface area contributed by atoms with Gasteiger partial charge in [-0.2, -0.15) is 0 Å². The van der Waals surface area contributed by atoms with Crippen molar-refractivity contribution in [1.82, 2.24) is 4.90 Å². The fourth-order valence-electron chi connectivity index (χ4n) is 1.92. The van der Waals surface area contributed by atoms with E-state index in [1.54, 1.807) is 4.90 Å².